The van der Waals surface area contributed by atoms with Gasteiger partial charge in [0, 0.05) is 5.56 Å². The van der Waals surface area contributed by atoms with E-state index in [1.54, 1.807) is 13.8 Å². The highest BCUT2D eigenvalue weighted by Crippen LogP contribution is 2.35. The summed E-state index contributed by atoms with van der Waals surface area (Å²) in [6, 6.07) is 4.42. The van der Waals surface area contributed by atoms with Crippen LogP contribution in [0.25, 0.3) is 0 Å². The third-order valence-corrected chi connectivity index (χ3v) is 2.49. The molecule has 1 aliphatic rings. The number of hydrogen-bond acceptors (Lipinski definition) is 5. The monoisotopic (exact) mass is 236 g/mol. The quantitative estimate of drug-likeness (QED) is 0.578. The molecule has 5 nitrogen and oxygen atoms in total. The molecule has 5 heteroatoms. The van der Waals surface area contributed by atoms with Crippen LogP contribution in [0.5, 0.6) is 5.75 Å². The van der Waals surface area contributed by atoms with Gasteiger partial charge in [0.05, 0.1) is 11.7 Å². The zero-order valence-electron chi connectivity index (χ0n) is 9.43. The van der Waals surface area contributed by atoms with Crippen LogP contribution in [0.2, 0.25) is 0 Å². The maximum atomic E-state index is 11.7. The third-order valence-electron chi connectivity index (χ3n) is 2.49. The minimum atomic E-state index is -2.96. The molecule has 0 spiro atoms. The molecule has 0 heterocycles. The van der Waals surface area contributed by atoms with Crippen molar-refractivity contribution in [3.05, 3.63) is 29.3 Å². The average Bonchev–Trinajstić information content (AvgIpc) is 2.41. The fourth-order valence-electron chi connectivity index (χ4n) is 1.77. The summed E-state index contributed by atoms with van der Waals surface area (Å²) in [5.41, 5.74) is -0.0747. The van der Waals surface area contributed by atoms with Crippen LogP contribution in [0.3, 0.4) is 0 Å². The highest BCUT2D eigenvalue weighted by Gasteiger charge is 2.52. The summed E-state index contributed by atoms with van der Waals surface area (Å²) in [7, 11) is 0. The van der Waals surface area contributed by atoms with Gasteiger partial charge in [-0.1, -0.05) is 12.1 Å². The molecular formula is C12H12O5. The van der Waals surface area contributed by atoms with Gasteiger partial charge in [-0.15, -0.1) is 0 Å². The topological polar surface area (TPSA) is 83.8 Å². The first-order valence-electron chi connectivity index (χ1n) is 5.19. The van der Waals surface area contributed by atoms with E-state index in [-0.39, 0.29) is 23.0 Å². The Hall–Kier alpha value is -1.72. The first-order chi connectivity index (χ1) is 7.85. The van der Waals surface area contributed by atoms with Gasteiger partial charge >= 0.3 is 0 Å². The fraction of sp³-hybridized carbons (Fsp3) is 0.333. The molecule has 0 saturated heterocycles. The Morgan fingerprint density at radius 2 is 1.82 bits per heavy atom. The van der Waals surface area contributed by atoms with Gasteiger partial charge in [0.2, 0.25) is 11.6 Å². The van der Waals surface area contributed by atoms with Gasteiger partial charge in [-0.05, 0) is 19.9 Å². The molecule has 2 rings (SSSR count). The number of benzene rings is 1. The number of carbonyl (C=O) groups excluding carboxylic acids is 2. The number of fused-ring (bicyclic) bond motifs is 1. The van der Waals surface area contributed by atoms with Crippen LogP contribution in [-0.2, 0) is 0 Å². The predicted octanol–water partition coefficient (Wildman–Crippen LogP) is 0.534. The van der Waals surface area contributed by atoms with Crippen LogP contribution in [0.4, 0.5) is 0 Å². The average molecular weight is 236 g/mol. The minimum absolute atomic E-state index is 0.0156. The molecule has 2 N–H and O–H groups in total. The molecule has 17 heavy (non-hydrogen) atoms. The van der Waals surface area contributed by atoms with Crippen LogP contribution in [0.1, 0.15) is 34.6 Å². The summed E-state index contributed by atoms with van der Waals surface area (Å²) >= 11 is 0. The van der Waals surface area contributed by atoms with Crippen molar-refractivity contribution in [2.45, 2.75) is 25.7 Å². The van der Waals surface area contributed by atoms with E-state index in [4.69, 9.17) is 4.74 Å². The van der Waals surface area contributed by atoms with Crippen LogP contribution < -0.4 is 4.74 Å². The minimum Gasteiger partial charge on any atom is -0.490 e. The first-order valence-corrected chi connectivity index (χ1v) is 5.19. The van der Waals surface area contributed by atoms with Gasteiger partial charge in [-0.25, -0.2) is 0 Å². The zero-order chi connectivity index (χ0) is 12.8. The van der Waals surface area contributed by atoms with Crippen molar-refractivity contribution in [3.63, 3.8) is 0 Å². The molecule has 0 bridgehead atoms. The van der Waals surface area contributed by atoms with Crippen LogP contribution in [-0.4, -0.2) is 33.7 Å². The third kappa shape index (κ3) is 1.64. The van der Waals surface area contributed by atoms with Crippen LogP contribution >= 0.6 is 0 Å². The lowest BCUT2D eigenvalue weighted by Gasteiger charge is -2.13. The number of carbonyl (C=O) groups is 2. The highest BCUT2D eigenvalue weighted by molar-refractivity contribution is 6.31. The standard InChI is InChI=1S/C12H12O5/c1-6(2)17-8-5-3-4-7-9(8)11(14)12(15,16)10(7)13/h3-6,15-16H,1-2H3. The van der Waals surface area contributed by atoms with Crippen LogP contribution in [0, 0.1) is 0 Å². The Morgan fingerprint density at radius 1 is 1.18 bits per heavy atom. The summed E-state index contributed by atoms with van der Waals surface area (Å²) in [5.74, 6) is -4.81. The molecule has 1 aromatic carbocycles. The summed E-state index contributed by atoms with van der Waals surface area (Å²) in [6.07, 6.45) is -0.184. The van der Waals surface area contributed by atoms with E-state index in [9.17, 15) is 19.8 Å². The molecule has 0 amide bonds. The number of hydrogen-bond donors (Lipinski definition) is 2. The summed E-state index contributed by atoms with van der Waals surface area (Å²) in [4.78, 5) is 23.3. The zero-order valence-corrected chi connectivity index (χ0v) is 9.43. The van der Waals surface area contributed by atoms with Crippen molar-refractivity contribution >= 4 is 11.6 Å². The predicted molar refractivity (Wildman–Crippen MR) is 58.0 cm³/mol. The fourth-order valence-corrected chi connectivity index (χ4v) is 1.77. The molecular weight excluding hydrogens is 224 g/mol. The Morgan fingerprint density at radius 3 is 2.41 bits per heavy atom. The lowest BCUT2D eigenvalue weighted by molar-refractivity contribution is -0.0858. The van der Waals surface area contributed by atoms with Crippen molar-refractivity contribution in [3.8, 4) is 5.75 Å². The Labute approximate surface area is 97.6 Å². The summed E-state index contributed by atoms with van der Waals surface area (Å²) < 4.78 is 5.37. The van der Waals surface area contributed by atoms with Gasteiger partial charge in [-0.3, -0.25) is 9.59 Å². The first kappa shape index (κ1) is 11.8. The van der Waals surface area contributed by atoms with E-state index in [1.165, 1.54) is 18.2 Å². The van der Waals surface area contributed by atoms with E-state index in [2.05, 4.69) is 0 Å². The lowest BCUT2D eigenvalue weighted by atomic mass is 10.1. The van der Waals surface area contributed by atoms with Crippen molar-refractivity contribution in [1.82, 2.24) is 0 Å². The van der Waals surface area contributed by atoms with Crippen molar-refractivity contribution in [1.29, 1.82) is 0 Å². The molecule has 1 aromatic rings. The second kappa shape index (κ2) is 3.65. The van der Waals surface area contributed by atoms with Gasteiger partial charge in [0.1, 0.15) is 5.75 Å². The number of Topliss-reactive ketones (excluding diaryl/α,β-unsaturated/α-hetero) is 2. The number of rotatable bonds is 2. The van der Waals surface area contributed by atoms with Gasteiger partial charge in [-0.2, -0.15) is 0 Å². The van der Waals surface area contributed by atoms with E-state index >= 15 is 0 Å². The molecule has 0 unspecified atom stereocenters. The van der Waals surface area contributed by atoms with E-state index in [0.29, 0.717) is 0 Å². The van der Waals surface area contributed by atoms with Gasteiger partial charge in [0.15, 0.2) is 0 Å². The normalized spacial score (nSPS) is 17.5. The second-order valence-corrected chi connectivity index (χ2v) is 4.18. The molecule has 90 valence electrons. The second-order valence-electron chi connectivity index (χ2n) is 4.18. The van der Waals surface area contributed by atoms with Crippen molar-refractivity contribution in [2.24, 2.45) is 0 Å². The van der Waals surface area contributed by atoms with Gasteiger partial charge in [0.25, 0.3) is 5.79 Å². The van der Waals surface area contributed by atoms with E-state index in [0.717, 1.165) is 0 Å². The molecule has 0 aliphatic heterocycles. The Balaban J connectivity index is 2.59. The maximum Gasteiger partial charge on any atom is 0.295 e. The molecule has 0 atom stereocenters. The maximum absolute atomic E-state index is 11.7. The SMILES string of the molecule is CC(C)Oc1cccc2c1C(=O)C(O)(O)C2=O. The molecule has 0 radical (unpaired) electrons. The smallest absolute Gasteiger partial charge is 0.295 e. The lowest BCUT2D eigenvalue weighted by Crippen LogP contribution is -2.40. The van der Waals surface area contributed by atoms with Crippen molar-refractivity contribution in [2.75, 3.05) is 0 Å². The molecule has 1 aliphatic carbocycles. The Bertz CT molecular complexity index is 502. The van der Waals surface area contributed by atoms with Crippen molar-refractivity contribution < 1.29 is 24.5 Å². The molecule has 0 fully saturated rings. The summed E-state index contributed by atoms with van der Waals surface area (Å²) in [5, 5.41) is 18.8. The van der Waals surface area contributed by atoms with E-state index in [1.807, 2.05) is 0 Å². The largest absolute Gasteiger partial charge is 0.490 e. The number of ketones is 2. The van der Waals surface area contributed by atoms with E-state index < -0.39 is 17.4 Å². The molecule has 0 saturated carbocycles. The molecule has 0 aromatic heterocycles. The number of aliphatic hydroxyl groups is 2. The number of ether oxygens (including phenoxy) is 1. The van der Waals surface area contributed by atoms with Gasteiger partial charge < -0.3 is 14.9 Å². The summed E-state index contributed by atoms with van der Waals surface area (Å²) in [6.45, 7) is 3.54. The Kier molecular flexibility index (Phi) is 2.52. The highest BCUT2D eigenvalue weighted by atomic mass is 16.5. The van der Waals surface area contributed by atoms with Crippen LogP contribution in [0.15, 0.2) is 18.2 Å².